The number of guanidine groups is 1. The second-order valence-electron chi connectivity index (χ2n) is 6.67. The second kappa shape index (κ2) is 10.5. The van der Waals surface area contributed by atoms with Gasteiger partial charge >= 0.3 is 0 Å². The summed E-state index contributed by atoms with van der Waals surface area (Å²) in [7, 11) is 3.89. The van der Waals surface area contributed by atoms with Crippen LogP contribution in [-0.2, 0) is 0 Å². The number of benzene rings is 2. The lowest BCUT2D eigenvalue weighted by Gasteiger charge is -2.23. The van der Waals surface area contributed by atoms with Crippen molar-refractivity contribution in [2.45, 2.75) is 25.8 Å². The van der Waals surface area contributed by atoms with Crippen molar-refractivity contribution < 1.29 is 4.39 Å². The van der Waals surface area contributed by atoms with Gasteiger partial charge in [-0.3, -0.25) is 4.99 Å². The highest BCUT2D eigenvalue weighted by molar-refractivity contribution is 14.0. The number of rotatable bonds is 6. The van der Waals surface area contributed by atoms with E-state index in [2.05, 4.69) is 36.3 Å². The zero-order chi connectivity index (χ0) is 18.4. The number of hydrogen-bond donors (Lipinski definition) is 2. The molecule has 0 aromatic heterocycles. The van der Waals surface area contributed by atoms with Gasteiger partial charge in [0.2, 0.25) is 0 Å². The first-order valence-corrected chi connectivity index (χ1v) is 8.45. The Kier molecular flexibility index (Phi) is 9.01. The fraction of sp³-hybridized carbons (Fsp3) is 0.350. The van der Waals surface area contributed by atoms with Gasteiger partial charge in [0.1, 0.15) is 5.82 Å². The maximum atomic E-state index is 13.5. The highest BCUT2D eigenvalue weighted by Crippen LogP contribution is 2.20. The topological polar surface area (TPSA) is 53.6 Å². The number of nitrogens with one attached hydrogen (secondary N) is 1. The van der Waals surface area contributed by atoms with E-state index in [1.54, 1.807) is 6.07 Å². The number of nitrogens with two attached hydrogens (primary N) is 1. The van der Waals surface area contributed by atoms with E-state index in [1.807, 2.05) is 37.2 Å². The molecule has 2 aromatic carbocycles. The molecule has 0 fully saturated rings. The molecule has 142 valence electrons. The molecule has 0 spiro atoms. The van der Waals surface area contributed by atoms with Crippen LogP contribution >= 0.6 is 24.0 Å². The van der Waals surface area contributed by atoms with Crippen LogP contribution in [0.1, 0.15) is 36.9 Å². The van der Waals surface area contributed by atoms with Gasteiger partial charge in [-0.15, -0.1) is 24.0 Å². The fourth-order valence-electron chi connectivity index (χ4n) is 2.63. The van der Waals surface area contributed by atoms with Crippen LogP contribution in [0.2, 0.25) is 0 Å². The first-order valence-electron chi connectivity index (χ1n) is 8.45. The average Bonchev–Trinajstić information content (AvgIpc) is 2.55. The number of aliphatic imine (C=N–C) groups is 1. The molecule has 0 bridgehead atoms. The lowest BCUT2D eigenvalue weighted by molar-refractivity contribution is 0.306. The average molecular weight is 470 g/mol. The van der Waals surface area contributed by atoms with Crippen molar-refractivity contribution in [1.29, 1.82) is 0 Å². The Morgan fingerprint density at radius 2 is 1.77 bits per heavy atom. The Balaban J connectivity index is 0.00000338. The van der Waals surface area contributed by atoms with Gasteiger partial charge in [0.25, 0.3) is 0 Å². The molecule has 0 saturated carbocycles. The van der Waals surface area contributed by atoms with E-state index in [0.29, 0.717) is 18.4 Å². The summed E-state index contributed by atoms with van der Waals surface area (Å²) in [6.45, 7) is 4.74. The molecule has 6 heteroatoms. The van der Waals surface area contributed by atoms with Gasteiger partial charge in [-0.05, 0) is 55.4 Å². The number of likely N-dealkylation sites (N-methyl/N-ethyl adjacent to an activating group) is 1. The largest absolute Gasteiger partial charge is 0.370 e. The van der Waals surface area contributed by atoms with Crippen LogP contribution in [0.15, 0.2) is 53.5 Å². The summed E-state index contributed by atoms with van der Waals surface area (Å²) in [4.78, 5) is 6.45. The van der Waals surface area contributed by atoms with E-state index >= 15 is 0 Å². The van der Waals surface area contributed by atoms with Crippen LogP contribution in [-0.4, -0.2) is 31.5 Å². The molecule has 2 aromatic rings. The van der Waals surface area contributed by atoms with Crippen LogP contribution < -0.4 is 11.1 Å². The quantitative estimate of drug-likeness (QED) is 0.369. The second-order valence-corrected chi connectivity index (χ2v) is 6.67. The molecule has 3 N–H and O–H groups in total. The molecule has 0 aliphatic rings. The van der Waals surface area contributed by atoms with Gasteiger partial charge in [0.05, 0.1) is 12.6 Å². The maximum Gasteiger partial charge on any atom is 0.193 e. The summed E-state index contributed by atoms with van der Waals surface area (Å²) in [6, 6.07) is 14.7. The van der Waals surface area contributed by atoms with Crippen LogP contribution in [0, 0.1) is 5.82 Å². The minimum atomic E-state index is -0.245. The molecule has 0 aliphatic heterocycles. The molecule has 0 saturated heterocycles. The predicted octanol–water partition coefficient (Wildman–Crippen LogP) is 4.60. The predicted molar refractivity (Wildman–Crippen MR) is 119 cm³/mol. The molecule has 0 radical (unpaired) electrons. The van der Waals surface area contributed by atoms with E-state index in [-0.39, 0.29) is 35.8 Å². The third kappa shape index (κ3) is 6.57. The van der Waals surface area contributed by atoms with Crippen molar-refractivity contribution in [2.75, 3.05) is 26.0 Å². The molecule has 26 heavy (non-hydrogen) atoms. The Hall–Kier alpha value is -1.67. The number of nitrogens with zero attached hydrogens (tertiary/aromatic N) is 2. The van der Waals surface area contributed by atoms with E-state index < -0.39 is 0 Å². The fourth-order valence-corrected chi connectivity index (χ4v) is 2.63. The van der Waals surface area contributed by atoms with Crippen LogP contribution in [0.5, 0.6) is 0 Å². The van der Waals surface area contributed by atoms with Gasteiger partial charge < -0.3 is 16.0 Å². The van der Waals surface area contributed by atoms with Gasteiger partial charge in [0, 0.05) is 5.69 Å². The zero-order valence-electron chi connectivity index (χ0n) is 15.7. The van der Waals surface area contributed by atoms with Gasteiger partial charge in [-0.1, -0.05) is 38.1 Å². The third-order valence-corrected chi connectivity index (χ3v) is 4.12. The lowest BCUT2D eigenvalue weighted by atomic mass is 10.0. The molecule has 1 atom stereocenters. The van der Waals surface area contributed by atoms with Crippen molar-refractivity contribution >= 4 is 35.6 Å². The van der Waals surface area contributed by atoms with Crippen molar-refractivity contribution in [3.63, 3.8) is 0 Å². The Labute approximate surface area is 172 Å². The van der Waals surface area contributed by atoms with E-state index in [1.165, 1.54) is 17.7 Å². The number of halogens is 2. The van der Waals surface area contributed by atoms with Crippen LogP contribution in [0.25, 0.3) is 0 Å². The number of hydrogen-bond acceptors (Lipinski definition) is 2. The Morgan fingerprint density at radius 3 is 2.38 bits per heavy atom. The lowest BCUT2D eigenvalue weighted by Crippen LogP contribution is -2.27. The molecule has 4 nitrogen and oxygen atoms in total. The highest BCUT2D eigenvalue weighted by Gasteiger charge is 2.14. The molecule has 0 heterocycles. The van der Waals surface area contributed by atoms with Crippen LogP contribution in [0.3, 0.4) is 0 Å². The van der Waals surface area contributed by atoms with E-state index in [9.17, 15) is 4.39 Å². The Morgan fingerprint density at radius 1 is 1.12 bits per heavy atom. The molecule has 0 amide bonds. The summed E-state index contributed by atoms with van der Waals surface area (Å²) in [5.41, 5.74) is 9.07. The zero-order valence-corrected chi connectivity index (χ0v) is 18.1. The molecular weight excluding hydrogens is 442 g/mol. The first kappa shape index (κ1) is 22.4. The summed E-state index contributed by atoms with van der Waals surface area (Å²) >= 11 is 0. The summed E-state index contributed by atoms with van der Waals surface area (Å²) in [5.74, 6) is 0.556. The highest BCUT2D eigenvalue weighted by atomic mass is 127. The number of anilines is 1. The van der Waals surface area contributed by atoms with Crippen molar-refractivity contribution in [1.82, 2.24) is 4.90 Å². The van der Waals surface area contributed by atoms with Gasteiger partial charge in [0.15, 0.2) is 5.96 Å². The third-order valence-electron chi connectivity index (χ3n) is 4.12. The van der Waals surface area contributed by atoms with Crippen LogP contribution in [0.4, 0.5) is 10.1 Å². The molecular formula is C20H28FIN4. The maximum absolute atomic E-state index is 13.5. The van der Waals surface area contributed by atoms with Crippen molar-refractivity contribution in [3.05, 3.63) is 65.5 Å². The monoisotopic (exact) mass is 470 g/mol. The minimum absolute atomic E-state index is 0. The molecule has 0 aliphatic carbocycles. The summed E-state index contributed by atoms with van der Waals surface area (Å²) in [5, 5.41) is 3.13. The van der Waals surface area contributed by atoms with Gasteiger partial charge in [-0.2, -0.15) is 0 Å². The summed E-state index contributed by atoms with van der Waals surface area (Å²) < 4.78 is 13.5. The molecule has 2 rings (SSSR count). The smallest absolute Gasteiger partial charge is 0.193 e. The minimum Gasteiger partial charge on any atom is -0.370 e. The summed E-state index contributed by atoms with van der Waals surface area (Å²) in [6.07, 6.45) is 0. The molecule has 1 unspecified atom stereocenters. The standard InChI is InChI=1S/C20H27FN4.HI/c1-14(2)15-7-6-10-18(12-15)24-20(22)23-13-19(25(3)4)16-8-5-9-17(21)11-16;/h5-12,14,19H,13H2,1-4H3,(H3,22,23,24);1H. The van der Waals surface area contributed by atoms with Gasteiger partial charge in [-0.25, -0.2) is 4.39 Å². The van der Waals surface area contributed by atoms with E-state index in [4.69, 9.17) is 5.73 Å². The Bertz CT molecular complexity index is 731. The van der Waals surface area contributed by atoms with E-state index in [0.717, 1.165) is 11.3 Å². The normalized spacial score (nSPS) is 12.8. The first-order chi connectivity index (χ1) is 11.9. The van der Waals surface area contributed by atoms with Crippen molar-refractivity contribution in [3.8, 4) is 0 Å². The SMILES string of the molecule is CC(C)c1cccc(NC(N)=NCC(c2cccc(F)c2)N(C)C)c1.I. The van der Waals surface area contributed by atoms with Crippen molar-refractivity contribution in [2.24, 2.45) is 10.7 Å².